The van der Waals surface area contributed by atoms with Crippen molar-refractivity contribution in [3.63, 3.8) is 0 Å². The largest absolute Gasteiger partial charge is 0.489 e. The van der Waals surface area contributed by atoms with Gasteiger partial charge in [-0.1, -0.05) is 143 Å². The molecule has 0 atom stereocenters. The first kappa shape index (κ1) is 24.8. The Kier molecular flexibility index (Phi) is 6.24. The molecule has 0 saturated heterocycles. The number of halogens is 1. The van der Waals surface area contributed by atoms with Gasteiger partial charge in [0.1, 0.15) is 0 Å². The maximum atomic E-state index is 9.71. The molecule has 2 nitrogen and oxygen atoms in total. The van der Waals surface area contributed by atoms with Gasteiger partial charge in [0.2, 0.25) is 0 Å². The van der Waals surface area contributed by atoms with Crippen molar-refractivity contribution in [2.45, 2.75) is 0 Å². The standard InChI is InChI=1S/C18H13BO2.C18H11Br/c20-19(21)18-11-17-13-6-2-1-5-12(13)9-10-15(17)14-7-3-4-8-16(14)18;19-18-11-17-13-6-2-1-5-12(13)9-10-15(17)14-7-3-4-8-16(14)18/h1-11,20-21H;1-11H. The van der Waals surface area contributed by atoms with Crippen LogP contribution in [0.1, 0.15) is 0 Å². The molecule has 8 aromatic rings. The molecular weight excluding hydrogens is 555 g/mol. The van der Waals surface area contributed by atoms with Crippen LogP contribution in [0.3, 0.4) is 0 Å². The SMILES string of the molecule is Brc1cc2c3ccccc3ccc2c2ccccc12.OB(O)c1cc2c3ccccc3ccc2c2ccccc12. The van der Waals surface area contributed by atoms with E-state index in [0.717, 1.165) is 36.8 Å². The molecule has 0 aliphatic heterocycles. The molecule has 0 aromatic heterocycles. The molecule has 0 heterocycles. The molecule has 8 rings (SSSR count). The van der Waals surface area contributed by atoms with Crippen LogP contribution >= 0.6 is 15.9 Å². The zero-order valence-corrected chi connectivity index (χ0v) is 23.1. The van der Waals surface area contributed by atoms with Gasteiger partial charge in [-0.05, 0) is 76.2 Å². The number of benzene rings is 8. The smallest absolute Gasteiger partial charge is 0.423 e. The van der Waals surface area contributed by atoms with Gasteiger partial charge in [0.05, 0.1) is 0 Å². The first-order valence-electron chi connectivity index (χ1n) is 13.3. The summed E-state index contributed by atoms with van der Waals surface area (Å²) in [4.78, 5) is 0. The number of hydrogen-bond acceptors (Lipinski definition) is 2. The molecule has 0 bridgehead atoms. The van der Waals surface area contributed by atoms with Crippen molar-refractivity contribution in [1.82, 2.24) is 0 Å². The summed E-state index contributed by atoms with van der Waals surface area (Å²) in [6.45, 7) is 0. The van der Waals surface area contributed by atoms with Crippen molar-refractivity contribution < 1.29 is 10.0 Å². The van der Waals surface area contributed by atoms with Gasteiger partial charge in [-0.3, -0.25) is 0 Å². The fourth-order valence-electron chi connectivity index (χ4n) is 5.92. The molecule has 0 aliphatic carbocycles. The topological polar surface area (TPSA) is 40.5 Å². The lowest BCUT2D eigenvalue weighted by atomic mass is 9.75. The molecule has 8 aromatic carbocycles. The summed E-state index contributed by atoms with van der Waals surface area (Å²) in [5.41, 5.74) is 0.550. The molecule has 0 aliphatic rings. The van der Waals surface area contributed by atoms with Crippen molar-refractivity contribution in [3.8, 4) is 0 Å². The Labute approximate surface area is 240 Å². The highest BCUT2D eigenvalue weighted by Gasteiger charge is 2.17. The van der Waals surface area contributed by atoms with Crippen LogP contribution in [-0.2, 0) is 0 Å². The Morgan fingerprint density at radius 1 is 0.375 bits per heavy atom. The second-order valence-corrected chi connectivity index (χ2v) is 10.9. The average molecular weight is 579 g/mol. The predicted molar refractivity (Wildman–Crippen MR) is 175 cm³/mol. The van der Waals surface area contributed by atoms with Crippen molar-refractivity contribution in [1.29, 1.82) is 0 Å². The minimum absolute atomic E-state index is 0.550. The van der Waals surface area contributed by atoms with Crippen molar-refractivity contribution in [2.24, 2.45) is 0 Å². The van der Waals surface area contributed by atoms with Gasteiger partial charge in [-0.2, -0.15) is 0 Å². The van der Waals surface area contributed by atoms with Crippen LogP contribution < -0.4 is 5.46 Å². The van der Waals surface area contributed by atoms with Crippen LogP contribution in [0.15, 0.2) is 138 Å². The van der Waals surface area contributed by atoms with Crippen molar-refractivity contribution in [3.05, 3.63) is 138 Å². The van der Waals surface area contributed by atoms with Gasteiger partial charge < -0.3 is 10.0 Å². The van der Waals surface area contributed by atoms with Gasteiger partial charge in [-0.15, -0.1) is 0 Å². The summed E-state index contributed by atoms with van der Waals surface area (Å²) in [5.74, 6) is 0. The molecule has 0 unspecified atom stereocenters. The van der Waals surface area contributed by atoms with Crippen LogP contribution in [-0.4, -0.2) is 17.2 Å². The zero-order chi connectivity index (χ0) is 27.2. The van der Waals surface area contributed by atoms with Crippen LogP contribution in [0.25, 0.3) is 64.6 Å². The van der Waals surface area contributed by atoms with Crippen LogP contribution in [0, 0.1) is 0 Å². The lowest BCUT2D eigenvalue weighted by Crippen LogP contribution is -2.30. The van der Waals surface area contributed by atoms with E-state index in [1.54, 1.807) is 0 Å². The maximum Gasteiger partial charge on any atom is 0.489 e. The second kappa shape index (κ2) is 10.1. The minimum Gasteiger partial charge on any atom is -0.423 e. The van der Waals surface area contributed by atoms with Crippen LogP contribution in [0.5, 0.6) is 0 Å². The van der Waals surface area contributed by atoms with Crippen molar-refractivity contribution >= 4 is 93.1 Å². The molecule has 40 heavy (non-hydrogen) atoms. The molecule has 0 amide bonds. The van der Waals surface area contributed by atoms with Crippen LogP contribution in [0.2, 0.25) is 0 Å². The lowest BCUT2D eigenvalue weighted by molar-refractivity contribution is 0.426. The summed E-state index contributed by atoms with van der Waals surface area (Å²) < 4.78 is 1.16. The Bertz CT molecular complexity index is 2220. The van der Waals surface area contributed by atoms with Crippen LogP contribution in [0.4, 0.5) is 0 Å². The van der Waals surface area contributed by atoms with Gasteiger partial charge in [0.25, 0.3) is 0 Å². The molecule has 0 fully saturated rings. The van der Waals surface area contributed by atoms with E-state index in [4.69, 9.17) is 0 Å². The maximum absolute atomic E-state index is 9.71. The first-order valence-corrected chi connectivity index (χ1v) is 14.1. The third-order valence-corrected chi connectivity index (χ3v) is 8.45. The molecule has 0 radical (unpaired) electrons. The Morgan fingerprint density at radius 3 is 1.32 bits per heavy atom. The lowest BCUT2D eigenvalue weighted by Gasteiger charge is -2.12. The molecule has 4 heteroatoms. The average Bonchev–Trinajstić information content (AvgIpc) is 3.01. The highest BCUT2D eigenvalue weighted by Crippen LogP contribution is 2.35. The second-order valence-electron chi connectivity index (χ2n) is 10.1. The summed E-state index contributed by atoms with van der Waals surface area (Å²) in [6.07, 6.45) is 0. The third kappa shape index (κ3) is 4.13. The third-order valence-electron chi connectivity index (χ3n) is 7.79. The van der Waals surface area contributed by atoms with Gasteiger partial charge in [0, 0.05) is 4.47 Å². The van der Waals surface area contributed by atoms with Gasteiger partial charge in [0.15, 0.2) is 0 Å². The quantitative estimate of drug-likeness (QED) is 0.151. The first-order chi connectivity index (χ1) is 19.6. The fraction of sp³-hybridized carbons (Fsp3) is 0. The Hall–Kier alpha value is -4.22. The number of hydrogen-bond donors (Lipinski definition) is 2. The van der Waals surface area contributed by atoms with Gasteiger partial charge in [-0.25, -0.2) is 0 Å². The summed E-state index contributed by atoms with van der Waals surface area (Å²) in [6, 6.07) is 45.9. The van der Waals surface area contributed by atoms with E-state index < -0.39 is 7.12 Å². The summed E-state index contributed by atoms with van der Waals surface area (Å²) in [5, 5.41) is 33.6. The highest BCUT2D eigenvalue weighted by atomic mass is 79.9. The summed E-state index contributed by atoms with van der Waals surface area (Å²) >= 11 is 3.70. The van der Waals surface area contributed by atoms with E-state index in [0.29, 0.717) is 5.46 Å². The van der Waals surface area contributed by atoms with E-state index >= 15 is 0 Å². The molecule has 2 N–H and O–H groups in total. The molecular formula is C36H24BBrO2. The number of rotatable bonds is 1. The normalized spacial score (nSPS) is 11.4. The molecule has 0 saturated carbocycles. The van der Waals surface area contributed by atoms with E-state index in [-0.39, 0.29) is 0 Å². The minimum atomic E-state index is -1.47. The zero-order valence-electron chi connectivity index (χ0n) is 21.6. The molecule has 190 valence electrons. The Balaban J connectivity index is 0.000000133. The predicted octanol–water partition coefficient (Wildman–Crippen LogP) is 8.73. The number of fused-ring (bicyclic) bond motifs is 10. The van der Waals surface area contributed by atoms with E-state index in [1.165, 1.54) is 32.3 Å². The van der Waals surface area contributed by atoms with Crippen molar-refractivity contribution in [2.75, 3.05) is 0 Å². The summed E-state index contributed by atoms with van der Waals surface area (Å²) in [7, 11) is -1.47. The highest BCUT2D eigenvalue weighted by molar-refractivity contribution is 9.10. The Morgan fingerprint density at radius 2 is 0.775 bits per heavy atom. The van der Waals surface area contributed by atoms with E-state index in [2.05, 4.69) is 107 Å². The van der Waals surface area contributed by atoms with E-state index in [9.17, 15) is 10.0 Å². The fourth-order valence-corrected chi connectivity index (χ4v) is 6.49. The van der Waals surface area contributed by atoms with Gasteiger partial charge >= 0.3 is 7.12 Å². The monoisotopic (exact) mass is 578 g/mol. The molecule has 0 spiro atoms. The van der Waals surface area contributed by atoms with E-state index in [1.807, 2.05) is 42.5 Å².